The third-order valence-electron chi connectivity index (χ3n) is 12.0. The van der Waals surface area contributed by atoms with E-state index in [9.17, 15) is 5.26 Å². The standard InChI is InChI=1S/C44H57N5/c1-7-30(3)37(8-2)42-43(40(27-45)41-32(5)48(6)47-44(41)42)46-28-33-21-22-39(34-17-11-9-12-18-34)35(26-33)19-13-10-14-24-49-25-23-38-31(4)16-15-20-36(38)29-49/h9,11-12,17-18,21-22,26,30,36-38,46H,4-5,7-8,10,13-16,19-20,23-25,28-29H2,1-3,6H3. The number of benzene rings is 2. The van der Waals surface area contributed by atoms with E-state index < -0.39 is 0 Å². The molecule has 4 unspecified atom stereocenters. The molecule has 258 valence electrons. The molecule has 2 aromatic carbocycles. The minimum Gasteiger partial charge on any atom is -0.380 e. The summed E-state index contributed by atoms with van der Waals surface area (Å²) in [6, 6.07) is 20.3. The van der Waals surface area contributed by atoms with E-state index in [1.807, 2.05) is 11.7 Å². The number of aryl methyl sites for hydroxylation is 2. The van der Waals surface area contributed by atoms with Crippen LogP contribution in [0, 0.1) is 35.0 Å². The Hall–Kier alpha value is -3.88. The van der Waals surface area contributed by atoms with Gasteiger partial charge in [-0.15, -0.1) is 0 Å². The Morgan fingerprint density at radius 2 is 1.86 bits per heavy atom. The fourth-order valence-electron chi connectivity index (χ4n) is 9.02. The van der Waals surface area contributed by atoms with Gasteiger partial charge in [-0.05, 0) is 110 Å². The molecule has 0 radical (unpaired) electrons. The highest BCUT2D eigenvalue weighted by molar-refractivity contribution is 5.93. The summed E-state index contributed by atoms with van der Waals surface area (Å²) in [7, 11) is 1.93. The number of aromatic nitrogens is 2. The number of nitriles is 1. The first-order chi connectivity index (χ1) is 23.8. The van der Waals surface area contributed by atoms with Crippen LogP contribution in [0.2, 0.25) is 0 Å². The monoisotopic (exact) mass is 655 g/mol. The summed E-state index contributed by atoms with van der Waals surface area (Å²) < 4.78 is 1.83. The highest BCUT2D eigenvalue weighted by Crippen LogP contribution is 2.40. The van der Waals surface area contributed by atoms with Crippen LogP contribution in [0.25, 0.3) is 28.9 Å². The molecule has 5 heteroatoms. The fraction of sp³-hybridized carbons (Fsp3) is 0.500. The number of fused-ring (bicyclic) bond motifs is 2. The van der Waals surface area contributed by atoms with Crippen LogP contribution in [-0.2, 0) is 20.0 Å². The summed E-state index contributed by atoms with van der Waals surface area (Å²) >= 11 is 0. The number of hydrogen-bond acceptors (Lipinski definition) is 4. The predicted molar refractivity (Wildman–Crippen MR) is 204 cm³/mol. The van der Waals surface area contributed by atoms with Gasteiger partial charge in [-0.1, -0.05) is 101 Å². The van der Waals surface area contributed by atoms with Crippen LogP contribution in [-0.4, -0.2) is 34.3 Å². The topological polar surface area (TPSA) is 56.9 Å². The first-order valence-corrected chi connectivity index (χ1v) is 19.1. The van der Waals surface area contributed by atoms with Crippen LogP contribution in [0.15, 0.2) is 66.4 Å². The maximum atomic E-state index is 10.4. The van der Waals surface area contributed by atoms with E-state index in [1.165, 1.54) is 98.0 Å². The number of allylic oxidation sites excluding steroid dienone is 3. The van der Waals surface area contributed by atoms with Crippen LogP contribution >= 0.6 is 0 Å². The summed E-state index contributed by atoms with van der Waals surface area (Å²) in [5.74, 6) is 2.42. The molecular formula is C44H57N5. The van der Waals surface area contributed by atoms with E-state index in [0.29, 0.717) is 24.0 Å². The van der Waals surface area contributed by atoms with Gasteiger partial charge in [0, 0.05) is 30.9 Å². The molecule has 1 aliphatic heterocycles. The van der Waals surface area contributed by atoms with Crippen LogP contribution < -0.4 is 15.9 Å². The zero-order valence-corrected chi connectivity index (χ0v) is 30.5. The summed E-state index contributed by atoms with van der Waals surface area (Å²) in [5, 5.41) is 20.8. The lowest BCUT2D eigenvalue weighted by Crippen LogP contribution is -2.42. The molecule has 1 saturated heterocycles. The molecule has 0 bridgehead atoms. The summed E-state index contributed by atoms with van der Waals surface area (Å²) in [6.07, 6.45) is 12.1. The van der Waals surface area contributed by atoms with Gasteiger partial charge in [-0.3, -0.25) is 4.68 Å². The van der Waals surface area contributed by atoms with Crippen molar-refractivity contribution < 1.29 is 0 Å². The van der Waals surface area contributed by atoms with Gasteiger partial charge in [-0.2, -0.15) is 10.4 Å². The van der Waals surface area contributed by atoms with Crippen molar-refractivity contribution in [3.05, 3.63) is 93.8 Å². The lowest BCUT2D eigenvalue weighted by atomic mass is 9.72. The first kappa shape index (κ1) is 35.0. The van der Waals surface area contributed by atoms with Crippen LogP contribution in [0.1, 0.15) is 95.4 Å². The molecular weight excluding hydrogens is 599 g/mol. The summed E-state index contributed by atoms with van der Waals surface area (Å²) in [6.45, 7) is 19.9. The normalized spacial score (nSPS) is 20.6. The highest BCUT2D eigenvalue weighted by atomic mass is 15.3. The Bertz CT molecular complexity index is 1820. The van der Waals surface area contributed by atoms with E-state index in [1.54, 1.807) is 0 Å². The quantitative estimate of drug-likeness (QED) is 0.141. The van der Waals surface area contributed by atoms with Crippen molar-refractivity contribution in [1.29, 1.82) is 5.26 Å². The number of nitrogens with zero attached hydrogens (tertiary/aromatic N) is 4. The number of hydrogen-bond donors (Lipinski definition) is 1. The number of piperidine rings is 1. The molecule has 2 aliphatic carbocycles. The molecule has 3 aromatic rings. The molecule has 2 fully saturated rings. The molecule has 3 aliphatic rings. The molecule has 1 saturated carbocycles. The van der Waals surface area contributed by atoms with Gasteiger partial charge in [0.1, 0.15) is 6.07 Å². The van der Waals surface area contributed by atoms with E-state index in [0.717, 1.165) is 53.1 Å². The van der Waals surface area contributed by atoms with E-state index in [2.05, 4.69) is 98.7 Å². The van der Waals surface area contributed by atoms with Crippen LogP contribution in [0.3, 0.4) is 0 Å². The first-order valence-electron chi connectivity index (χ1n) is 19.1. The van der Waals surface area contributed by atoms with Gasteiger partial charge in [0.2, 0.25) is 0 Å². The maximum absolute atomic E-state index is 10.4. The second-order valence-corrected chi connectivity index (χ2v) is 15.0. The molecule has 4 atom stereocenters. The van der Waals surface area contributed by atoms with Crippen molar-refractivity contribution in [2.45, 2.75) is 91.5 Å². The lowest BCUT2D eigenvalue weighted by Gasteiger charge is -2.42. The van der Waals surface area contributed by atoms with Crippen LogP contribution in [0.5, 0.6) is 0 Å². The minimum absolute atomic E-state index is 0.316. The third kappa shape index (κ3) is 7.36. The fourth-order valence-corrected chi connectivity index (χ4v) is 9.02. The second-order valence-electron chi connectivity index (χ2n) is 15.0. The van der Waals surface area contributed by atoms with Crippen molar-refractivity contribution in [2.24, 2.45) is 30.7 Å². The Balaban J connectivity index is 1.17. The molecule has 0 amide bonds. The molecule has 2 heterocycles. The van der Waals surface area contributed by atoms with Crippen LogP contribution in [0.4, 0.5) is 0 Å². The lowest BCUT2D eigenvalue weighted by molar-refractivity contribution is 0.114. The number of likely N-dealkylation sites (tertiary alicyclic amines) is 1. The smallest absolute Gasteiger partial charge is 0.102 e. The Morgan fingerprint density at radius 1 is 1.04 bits per heavy atom. The SMILES string of the molecule is C=C1CCCC2CN(CCCCCc3cc(CNC4=C(C(CC)C(C)CC)c5nn(C)c(=C)c5=C4C#N)ccc3-c3ccccc3)CCC12. The predicted octanol–water partition coefficient (Wildman–Crippen LogP) is 8.15. The molecule has 6 rings (SSSR count). The molecule has 0 spiro atoms. The van der Waals surface area contributed by atoms with E-state index in [4.69, 9.17) is 5.10 Å². The Morgan fingerprint density at radius 3 is 2.61 bits per heavy atom. The second kappa shape index (κ2) is 15.8. The van der Waals surface area contributed by atoms with Crippen molar-refractivity contribution in [1.82, 2.24) is 20.0 Å². The average Bonchev–Trinajstić information content (AvgIpc) is 3.58. The highest BCUT2D eigenvalue weighted by Gasteiger charge is 2.34. The number of rotatable bonds is 14. The van der Waals surface area contributed by atoms with E-state index in [-0.39, 0.29) is 0 Å². The summed E-state index contributed by atoms with van der Waals surface area (Å²) in [5.41, 5.74) is 10.5. The average molecular weight is 656 g/mol. The van der Waals surface area contributed by atoms with Crippen molar-refractivity contribution in [3.8, 4) is 17.2 Å². The van der Waals surface area contributed by atoms with Crippen molar-refractivity contribution in [3.63, 3.8) is 0 Å². The third-order valence-corrected chi connectivity index (χ3v) is 12.0. The van der Waals surface area contributed by atoms with Gasteiger partial charge in [0.15, 0.2) is 0 Å². The number of nitrogens with one attached hydrogen (secondary N) is 1. The molecule has 49 heavy (non-hydrogen) atoms. The Labute approximate surface area is 295 Å². The zero-order chi connectivity index (χ0) is 34.5. The van der Waals surface area contributed by atoms with Gasteiger partial charge in [0.05, 0.1) is 22.3 Å². The Kier molecular flexibility index (Phi) is 11.3. The van der Waals surface area contributed by atoms with Gasteiger partial charge in [0.25, 0.3) is 0 Å². The zero-order valence-electron chi connectivity index (χ0n) is 30.5. The van der Waals surface area contributed by atoms with Gasteiger partial charge >= 0.3 is 0 Å². The van der Waals surface area contributed by atoms with Crippen molar-refractivity contribution in [2.75, 3.05) is 19.6 Å². The molecule has 1 aromatic heterocycles. The van der Waals surface area contributed by atoms with Gasteiger partial charge in [-0.25, -0.2) is 0 Å². The summed E-state index contributed by atoms with van der Waals surface area (Å²) in [4.78, 5) is 2.73. The minimum atomic E-state index is 0.316. The number of unbranched alkanes of at least 4 members (excludes halogenated alkanes) is 2. The largest absolute Gasteiger partial charge is 0.380 e. The van der Waals surface area contributed by atoms with Crippen molar-refractivity contribution >= 4 is 17.7 Å². The molecule has 1 N–H and O–H groups in total. The van der Waals surface area contributed by atoms with E-state index >= 15 is 0 Å². The maximum Gasteiger partial charge on any atom is 0.102 e. The molecule has 5 nitrogen and oxygen atoms in total. The van der Waals surface area contributed by atoms with Gasteiger partial charge < -0.3 is 10.2 Å².